The summed E-state index contributed by atoms with van der Waals surface area (Å²) in [5, 5.41) is 150. The Bertz CT molecular complexity index is 5270. The Hall–Kier alpha value is -13.7. The van der Waals surface area contributed by atoms with Gasteiger partial charge in [-0.05, 0) is 24.0 Å². The van der Waals surface area contributed by atoms with Gasteiger partial charge < -0.3 is 191 Å². The number of aromatic hydroxyl groups is 5. The molecule has 0 spiro atoms. The van der Waals surface area contributed by atoms with Crippen molar-refractivity contribution < 1.29 is 191 Å². The van der Waals surface area contributed by atoms with E-state index in [4.69, 9.17) is 114 Å². The molecule has 746 valence electrons. The van der Waals surface area contributed by atoms with Gasteiger partial charge in [-0.25, -0.2) is 24.9 Å². The van der Waals surface area contributed by atoms with Crippen LogP contribution in [0.5, 0.6) is 29.4 Å². The van der Waals surface area contributed by atoms with Crippen molar-refractivity contribution in [3.8, 4) is 29.4 Å². The van der Waals surface area contributed by atoms with E-state index in [-0.39, 0.29) is 45.5 Å². The van der Waals surface area contributed by atoms with Crippen LogP contribution >= 0.6 is 0 Å². The molecule has 59 nitrogen and oxygen atoms in total. The average molecular weight is 1930 g/mol. The number of amides is 5. The molecule has 2 aromatic carbocycles. The minimum Gasteiger partial charge on any atom is -0.493 e. The Morgan fingerprint density at radius 3 is 0.816 bits per heavy atom. The quantitative estimate of drug-likeness (QED) is 0.0132. The van der Waals surface area contributed by atoms with Gasteiger partial charge in [0.25, 0.3) is 29.5 Å². The molecule has 24 atom stereocenters. The van der Waals surface area contributed by atoms with Gasteiger partial charge in [0.05, 0.1) is 19.4 Å². The maximum atomic E-state index is 12.1. The molecule has 5 fully saturated rings. The van der Waals surface area contributed by atoms with E-state index in [1.807, 2.05) is 12.1 Å². The lowest BCUT2D eigenvalue weighted by molar-refractivity contribution is -0.156. The Morgan fingerprint density at radius 1 is 0.331 bits per heavy atom. The van der Waals surface area contributed by atoms with Crippen molar-refractivity contribution >= 4 is 71.3 Å². The summed E-state index contributed by atoms with van der Waals surface area (Å²) in [6.07, 6.45) is -22.2. The van der Waals surface area contributed by atoms with Crippen LogP contribution in [0.15, 0.2) is 92.3 Å². The number of benzene rings is 2. The minimum atomic E-state index is -1.55. The van der Waals surface area contributed by atoms with Gasteiger partial charge in [-0.3, -0.25) is 80.4 Å². The Labute approximate surface area is 765 Å². The lowest BCUT2D eigenvalue weighted by Crippen LogP contribution is -2.40. The third-order valence-corrected chi connectivity index (χ3v) is 20.4. The van der Waals surface area contributed by atoms with Crippen LogP contribution < -0.4 is 57.3 Å². The molecule has 0 radical (unpaired) electrons. The summed E-state index contributed by atoms with van der Waals surface area (Å²) in [6, 6.07) is 13.6. The molecule has 5 amide bonds. The Morgan fingerprint density at radius 2 is 0.566 bits per heavy atom. The number of rotatable bonds is 34. The fourth-order valence-electron chi connectivity index (χ4n) is 12.8. The number of hydrogen-bond donors (Lipinski definition) is 25. The highest BCUT2D eigenvalue weighted by Crippen LogP contribution is 2.39. The van der Waals surface area contributed by atoms with E-state index >= 15 is 0 Å². The first kappa shape index (κ1) is 108. The van der Waals surface area contributed by atoms with Crippen LogP contribution in [0.2, 0.25) is 0 Å². The van der Waals surface area contributed by atoms with Gasteiger partial charge in [0.15, 0.2) is 59.6 Å². The first-order valence-corrected chi connectivity index (χ1v) is 40.4. The van der Waals surface area contributed by atoms with E-state index < -0.39 is 302 Å². The summed E-state index contributed by atoms with van der Waals surface area (Å²) in [6.45, 7) is 2.65. The maximum absolute atomic E-state index is 12.1. The van der Waals surface area contributed by atoms with Gasteiger partial charge >= 0.3 is 41.8 Å². The van der Waals surface area contributed by atoms with Crippen molar-refractivity contribution in [2.45, 2.75) is 194 Å². The molecule has 5 aromatic heterocycles. The van der Waals surface area contributed by atoms with Crippen LogP contribution in [0.25, 0.3) is 0 Å². The zero-order valence-electron chi connectivity index (χ0n) is 71.9. The minimum absolute atomic E-state index is 0.00235. The second kappa shape index (κ2) is 48.5. The summed E-state index contributed by atoms with van der Waals surface area (Å²) in [5.41, 5.74) is 52.1. The molecule has 0 aliphatic carbocycles. The fraction of sp³-hybridized carbons (Fsp3) is 0.494. The van der Waals surface area contributed by atoms with Gasteiger partial charge in [0.2, 0.25) is 29.4 Å². The van der Waals surface area contributed by atoms with Crippen molar-refractivity contribution in [1.29, 1.82) is 0 Å². The van der Waals surface area contributed by atoms with Crippen LogP contribution in [0, 0.1) is 5.92 Å². The third-order valence-electron chi connectivity index (χ3n) is 20.4. The molecule has 10 heterocycles. The number of hydrogen-bond acceptors (Lipinski definition) is 49. The van der Waals surface area contributed by atoms with Gasteiger partial charge in [-0.15, -0.1) is 0 Å². The van der Waals surface area contributed by atoms with Gasteiger partial charge in [-0.2, -0.15) is 0 Å². The van der Waals surface area contributed by atoms with Crippen molar-refractivity contribution in [1.82, 2.24) is 47.8 Å². The number of aromatic nitrogens is 10. The Balaban J connectivity index is 0.000000211. The van der Waals surface area contributed by atoms with Gasteiger partial charge in [0.1, 0.15) is 194 Å². The highest BCUT2D eigenvalue weighted by atomic mass is 16.6. The number of aliphatic hydroxyl groups is 10. The molecule has 5 aliphatic rings. The zero-order chi connectivity index (χ0) is 101. The number of nitrogens with two attached hydrogens (primary N) is 10. The summed E-state index contributed by atoms with van der Waals surface area (Å²) in [5.74, 6) is -13.5. The van der Waals surface area contributed by atoms with Crippen LogP contribution in [-0.2, 0) is 104 Å². The van der Waals surface area contributed by atoms with Crippen molar-refractivity contribution in [3.63, 3.8) is 0 Å². The molecule has 5 saturated heterocycles. The molecular weight excluding hydrogens is 1830 g/mol. The number of carbonyl (C=O) groups is 12. The predicted molar refractivity (Wildman–Crippen MR) is 440 cm³/mol. The first-order chi connectivity index (χ1) is 64.1. The number of imidazole rings is 5. The van der Waals surface area contributed by atoms with E-state index in [1.165, 1.54) is 6.92 Å². The van der Waals surface area contributed by atoms with Crippen LogP contribution in [-0.4, -0.2) is 351 Å². The number of ether oxygens (including phenoxy) is 12. The van der Waals surface area contributed by atoms with Crippen molar-refractivity contribution in [2.24, 2.45) is 63.3 Å². The molecule has 0 bridgehead atoms. The number of aliphatic hydroxyl groups excluding tert-OH is 10. The molecular formula is C77H104N20O39. The monoisotopic (exact) mass is 1930 g/mol. The van der Waals surface area contributed by atoms with Crippen molar-refractivity contribution in [2.75, 3.05) is 39.6 Å². The predicted octanol–water partition coefficient (Wildman–Crippen LogP) is -11.5. The molecule has 59 heteroatoms. The largest absolute Gasteiger partial charge is 0.493 e. The normalized spacial score (nSPS) is 25.6. The molecule has 12 rings (SSSR count). The summed E-state index contributed by atoms with van der Waals surface area (Å²) in [4.78, 5) is 156. The number of primary amides is 5. The molecule has 0 saturated carbocycles. The Kier molecular flexibility index (Phi) is 38.4. The molecule has 5 aliphatic heterocycles. The average Bonchev–Trinajstić information content (AvgIpc) is 1.66. The topological polar surface area (TPSA) is 968 Å². The van der Waals surface area contributed by atoms with Crippen LogP contribution in [0.3, 0.4) is 0 Å². The lowest BCUT2D eigenvalue weighted by Gasteiger charge is -2.18. The molecule has 5 unspecified atom stereocenters. The second-order valence-electron chi connectivity index (χ2n) is 30.6. The zero-order valence-corrected chi connectivity index (χ0v) is 71.9. The first-order valence-electron chi connectivity index (χ1n) is 40.4. The fourth-order valence-corrected chi connectivity index (χ4v) is 12.8. The van der Waals surface area contributed by atoms with E-state index in [9.17, 15) is 134 Å². The summed E-state index contributed by atoms with van der Waals surface area (Å²) in [7, 11) is 0. The summed E-state index contributed by atoms with van der Waals surface area (Å²) < 4.78 is 66.4. The third kappa shape index (κ3) is 26.9. The van der Waals surface area contributed by atoms with Crippen LogP contribution in [0.1, 0.15) is 128 Å². The van der Waals surface area contributed by atoms with Gasteiger partial charge in [0, 0.05) is 0 Å². The summed E-state index contributed by atoms with van der Waals surface area (Å²) >= 11 is 0. The van der Waals surface area contributed by atoms with E-state index in [2.05, 4.69) is 24.9 Å². The van der Waals surface area contributed by atoms with Crippen LogP contribution in [0.4, 0.5) is 0 Å². The number of nitrogens with zero attached hydrogens (tertiary/aromatic N) is 10. The van der Waals surface area contributed by atoms with Gasteiger partial charge in [-0.1, -0.05) is 74.5 Å². The molecule has 136 heavy (non-hydrogen) atoms. The number of esters is 7. The smallest absolute Gasteiger partial charge is 0.323 e. The molecule has 7 aromatic rings. The van der Waals surface area contributed by atoms with Crippen molar-refractivity contribution in [3.05, 3.63) is 132 Å². The van der Waals surface area contributed by atoms with E-state index in [1.54, 1.807) is 62.4 Å². The molecule has 35 N–H and O–H groups in total. The highest BCUT2D eigenvalue weighted by molar-refractivity contribution is 5.95. The number of carbonyl (C=O) groups excluding carboxylic acids is 12. The maximum Gasteiger partial charge on any atom is 0.323 e. The second-order valence-corrected chi connectivity index (χ2v) is 30.6. The van der Waals surface area contributed by atoms with E-state index in [0.717, 1.165) is 65.6 Å². The standard InChI is InChI=1S/2C20H24N4O9.C14H22N4O7.C12H18N4O7.C11H16N4O7/c21-11(20(30)32-7-10-4-2-1-3-5-10)6-13(25)31-8-12-15(26)16(27)19(33-12)24-9-23-14(17(22)28)18(24)29;21-11(6-13(25)31-7-10-4-2-1-3-5-10)20(30)32-8-12-15(26)16(27)19(33-12)24-9-23-14(17(22)28)18(24)29;1-5(2)7(15)14(23)24-3-6-9(19)10(20)13(25-6)18-4-17-8(11(16)21)12(18)22;1-4(13)12(21)22-2-5-7(17)8(18)11(23-5)16-3-15-6(9(14)19)10(16)20;12-1-5(16)21-2-4-7(17)8(18)11(22-4)15-3-14-6(9(13)19)10(15)20/h2*1-5,9,11-12,15-16,19,26-27,29H,6-8,21H2,(H2,22,28);4-7,9-10,13,19-20,22H,3,15H2,1-2H3,(H2,16,21);3-5,7-8,11,17-18,20H,2,13H2,1H3,(H2,14,19);3-4,7-8,11,17-18,20H,1-2,12H2,(H2,13,19)/t2*11-,12+,15?,16+,19+;6-,7+,9?,10-,13-;4-,5+,7?,8+,11+;4-,7?,8-,11-/m00101/s1. The highest BCUT2D eigenvalue weighted by Gasteiger charge is 2.51. The van der Waals surface area contributed by atoms with E-state index in [0.29, 0.717) is 0 Å². The SMILES string of the molecule is CC(C)[C@H](N)C(=O)OC[C@H]1O[C@@H](n2cnc(C(N)=O)c2O)[C@H](O)C1O.C[C@H](N)C(=O)OC[C@H]1O[C@@H](n2cnc(C(N)=O)c2O)[C@H](O)C1O.NC(=O)c1ncn([C@@H]2O[C@H](COC(=O)C[C@H](N)C(=O)OCc3ccccc3)C(O)[C@H]2O)c1O.NC(=O)c1ncn([C@@H]2O[C@H](COC(=O)[C@@H](N)CC(=O)OCc3ccccc3)C(O)[C@H]2O)c1O.NCC(=O)OC[C@H]1O[C@@H](n2cnc(C(N)=O)c2O)[C@H](O)C1O. The lowest BCUT2D eigenvalue weighted by atomic mass is 10.1.